The number of rotatable bonds is 5. The smallest absolute Gasteiger partial charge is 0.236 e. The highest BCUT2D eigenvalue weighted by atomic mass is 16.2. The van der Waals surface area contributed by atoms with Crippen LogP contribution in [0.15, 0.2) is 12.5 Å². The zero-order chi connectivity index (χ0) is 16.8. The Morgan fingerprint density at radius 3 is 2.46 bits per heavy atom. The Balaban J connectivity index is 1.42. The van der Waals surface area contributed by atoms with Crippen molar-refractivity contribution in [2.24, 2.45) is 0 Å². The Labute approximate surface area is 143 Å². The van der Waals surface area contributed by atoms with Gasteiger partial charge >= 0.3 is 0 Å². The first-order valence-corrected chi connectivity index (χ1v) is 8.97. The molecule has 3 rings (SSSR count). The number of aryl methyl sites for hydroxylation is 1. The van der Waals surface area contributed by atoms with E-state index in [2.05, 4.69) is 14.9 Å². The monoisotopic (exact) mass is 333 g/mol. The van der Waals surface area contributed by atoms with Crippen LogP contribution in [0.3, 0.4) is 0 Å². The zero-order valence-corrected chi connectivity index (χ0v) is 14.2. The number of aromatic amines is 1. The molecule has 0 atom stereocenters. The van der Waals surface area contributed by atoms with Gasteiger partial charge in [-0.25, -0.2) is 4.98 Å². The maximum absolute atomic E-state index is 12.4. The first kappa shape index (κ1) is 17.0. The fourth-order valence-electron chi connectivity index (χ4n) is 3.46. The highest BCUT2D eigenvalue weighted by molar-refractivity contribution is 5.78. The topological polar surface area (TPSA) is 72.5 Å². The number of amides is 2. The zero-order valence-electron chi connectivity index (χ0n) is 14.2. The van der Waals surface area contributed by atoms with Crippen molar-refractivity contribution in [3.05, 3.63) is 18.2 Å². The van der Waals surface area contributed by atoms with E-state index < -0.39 is 0 Å². The van der Waals surface area contributed by atoms with Crippen LogP contribution in [0.2, 0.25) is 0 Å². The van der Waals surface area contributed by atoms with E-state index >= 15 is 0 Å². The predicted octanol–water partition coefficient (Wildman–Crippen LogP) is 0.499. The number of carbonyl (C=O) groups is 2. The fourth-order valence-corrected chi connectivity index (χ4v) is 3.46. The van der Waals surface area contributed by atoms with Crippen LogP contribution >= 0.6 is 0 Å². The molecule has 0 saturated carbocycles. The van der Waals surface area contributed by atoms with Crippen LogP contribution in [0.4, 0.5) is 0 Å². The summed E-state index contributed by atoms with van der Waals surface area (Å²) in [4.78, 5) is 37.8. The molecule has 7 nitrogen and oxygen atoms in total. The van der Waals surface area contributed by atoms with Crippen molar-refractivity contribution in [3.63, 3.8) is 0 Å². The predicted molar refractivity (Wildman–Crippen MR) is 90.4 cm³/mol. The van der Waals surface area contributed by atoms with Gasteiger partial charge in [0.25, 0.3) is 0 Å². The van der Waals surface area contributed by atoms with Crippen LogP contribution in [0.5, 0.6) is 0 Å². The highest BCUT2D eigenvalue weighted by Crippen LogP contribution is 2.10. The fraction of sp³-hybridized carbons (Fsp3) is 0.706. The van der Waals surface area contributed by atoms with Gasteiger partial charge in [-0.15, -0.1) is 0 Å². The molecule has 3 heterocycles. The third-order valence-corrected chi connectivity index (χ3v) is 4.92. The second-order valence-electron chi connectivity index (χ2n) is 6.68. The Morgan fingerprint density at radius 2 is 1.71 bits per heavy atom. The van der Waals surface area contributed by atoms with Gasteiger partial charge in [0.2, 0.25) is 11.8 Å². The van der Waals surface area contributed by atoms with Crippen LogP contribution in [0, 0.1) is 0 Å². The molecule has 2 aliphatic rings. The van der Waals surface area contributed by atoms with Crippen LogP contribution in [0.1, 0.15) is 31.4 Å². The van der Waals surface area contributed by atoms with E-state index in [1.807, 2.05) is 9.80 Å². The first-order valence-electron chi connectivity index (χ1n) is 8.97. The molecule has 0 aromatic carbocycles. The molecule has 0 aliphatic carbocycles. The third-order valence-electron chi connectivity index (χ3n) is 4.92. The molecule has 0 unspecified atom stereocenters. The minimum Gasteiger partial charge on any atom is -0.348 e. The molecule has 2 saturated heterocycles. The SMILES string of the molecule is O=C(CCc1cnc[nH]1)N1CCCN(CC(=O)N2CCCC2)CC1. The lowest BCUT2D eigenvalue weighted by atomic mass is 10.2. The molecule has 2 aliphatic heterocycles. The van der Waals surface area contributed by atoms with Gasteiger partial charge in [-0.3, -0.25) is 14.5 Å². The Hall–Kier alpha value is -1.89. The summed E-state index contributed by atoms with van der Waals surface area (Å²) < 4.78 is 0. The number of hydrogen-bond donors (Lipinski definition) is 1. The van der Waals surface area contributed by atoms with Gasteiger partial charge in [-0.2, -0.15) is 0 Å². The molecule has 2 fully saturated rings. The lowest BCUT2D eigenvalue weighted by molar-refractivity contribution is -0.131. The minimum absolute atomic E-state index is 0.192. The standard InChI is InChI=1S/C17H27N5O2/c23-16(5-4-15-12-18-14-19-15)22-9-3-6-20(10-11-22)13-17(24)21-7-1-2-8-21/h12,14H,1-11,13H2,(H,18,19). The van der Waals surface area contributed by atoms with E-state index in [0.717, 1.165) is 64.2 Å². The summed E-state index contributed by atoms with van der Waals surface area (Å²) in [7, 11) is 0. The summed E-state index contributed by atoms with van der Waals surface area (Å²) in [5.41, 5.74) is 0.996. The summed E-state index contributed by atoms with van der Waals surface area (Å²) in [6.07, 6.45) is 7.81. The summed E-state index contributed by atoms with van der Waals surface area (Å²) in [6.45, 7) is 5.50. The molecule has 1 N–H and O–H groups in total. The van der Waals surface area contributed by atoms with Crippen LogP contribution in [-0.4, -0.2) is 82.3 Å². The van der Waals surface area contributed by atoms with E-state index in [9.17, 15) is 9.59 Å². The van der Waals surface area contributed by atoms with Crippen molar-refractivity contribution in [1.29, 1.82) is 0 Å². The van der Waals surface area contributed by atoms with Gasteiger partial charge in [-0.1, -0.05) is 0 Å². The number of likely N-dealkylation sites (tertiary alicyclic amines) is 1. The number of carbonyl (C=O) groups excluding carboxylic acids is 2. The van der Waals surface area contributed by atoms with Gasteiger partial charge in [-0.05, 0) is 25.7 Å². The second kappa shape index (κ2) is 8.28. The van der Waals surface area contributed by atoms with Crippen LogP contribution < -0.4 is 0 Å². The van der Waals surface area contributed by atoms with Crippen molar-refractivity contribution in [2.45, 2.75) is 32.1 Å². The van der Waals surface area contributed by atoms with E-state index in [4.69, 9.17) is 0 Å². The largest absolute Gasteiger partial charge is 0.348 e. The Bertz CT molecular complexity index is 539. The number of hydrogen-bond acceptors (Lipinski definition) is 4. The van der Waals surface area contributed by atoms with Gasteiger partial charge < -0.3 is 14.8 Å². The van der Waals surface area contributed by atoms with Crippen molar-refractivity contribution in [3.8, 4) is 0 Å². The maximum atomic E-state index is 12.4. The average Bonchev–Trinajstić information content (AvgIpc) is 3.24. The number of imidazole rings is 1. The minimum atomic E-state index is 0.192. The molecule has 24 heavy (non-hydrogen) atoms. The maximum Gasteiger partial charge on any atom is 0.236 e. The molecule has 0 bridgehead atoms. The second-order valence-corrected chi connectivity index (χ2v) is 6.68. The molecule has 1 aromatic rings. The lowest BCUT2D eigenvalue weighted by Gasteiger charge is -2.24. The number of nitrogens with one attached hydrogen (secondary N) is 1. The van der Waals surface area contributed by atoms with Gasteiger partial charge in [0.15, 0.2) is 0 Å². The summed E-state index contributed by atoms with van der Waals surface area (Å²) in [5, 5.41) is 0. The highest BCUT2D eigenvalue weighted by Gasteiger charge is 2.23. The molecule has 132 valence electrons. The normalized spacial score (nSPS) is 19.5. The quantitative estimate of drug-likeness (QED) is 0.852. The van der Waals surface area contributed by atoms with Crippen molar-refractivity contribution in [1.82, 2.24) is 24.7 Å². The van der Waals surface area contributed by atoms with Crippen molar-refractivity contribution >= 4 is 11.8 Å². The molecule has 1 aromatic heterocycles. The van der Waals surface area contributed by atoms with E-state index in [0.29, 0.717) is 19.4 Å². The number of aromatic nitrogens is 2. The molecule has 0 radical (unpaired) electrons. The number of H-pyrrole nitrogens is 1. The van der Waals surface area contributed by atoms with Crippen LogP contribution in [-0.2, 0) is 16.0 Å². The molecule has 0 spiro atoms. The molecular weight excluding hydrogens is 306 g/mol. The van der Waals surface area contributed by atoms with Gasteiger partial charge in [0.1, 0.15) is 0 Å². The van der Waals surface area contributed by atoms with Gasteiger partial charge in [0, 0.05) is 57.6 Å². The van der Waals surface area contributed by atoms with E-state index in [1.54, 1.807) is 12.5 Å². The first-order chi connectivity index (χ1) is 11.7. The molecular formula is C17H27N5O2. The average molecular weight is 333 g/mol. The molecule has 2 amide bonds. The van der Waals surface area contributed by atoms with E-state index in [-0.39, 0.29) is 11.8 Å². The summed E-state index contributed by atoms with van der Waals surface area (Å²) >= 11 is 0. The van der Waals surface area contributed by atoms with E-state index in [1.165, 1.54) is 0 Å². The van der Waals surface area contributed by atoms with Crippen LogP contribution in [0.25, 0.3) is 0 Å². The Morgan fingerprint density at radius 1 is 0.958 bits per heavy atom. The lowest BCUT2D eigenvalue weighted by Crippen LogP contribution is -2.41. The Kier molecular flexibility index (Phi) is 5.85. The summed E-state index contributed by atoms with van der Waals surface area (Å²) in [6, 6.07) is 0. The molecule has 7 heteroatoms. The van der Waals surface area contributed by atoms with Gasteiger partial charge in [0.05, 0.1) is 12.9 Å². The summed E-state index contributed by atoms with van der Waals surface area (Å²) in [5.74, 6) is 0.434. The third kappa shape index (κ3) is 4.56. The van der Waals surface area contributed by atoms with Crippen molar-refractivity contribution < 1.29 is 9.59 Å². The number of nitrogens with zero attached hydrogens (tertiary/aromatic N) is 4. The van der Waals surface area contributed by atoms with Crippen molar-refractivity contribution in [2.75, 3.05) is 45.8 Å².